The summed E-state index contributed by atoms with van der Waals surface area (Å²) < 4.78 is 39.8. The van der Waals surface area contributed by atoms with Gasteiger partial charge in [-0.15, -0.1) is 0 Å². The molecule has 1 unspecified atom stereocenters. The van der Waals surface area contributed by atoms with E-state index in [9.17, 15) is 27.6 Å². The predicted molar refractivity (Wildman–Crippen MR) is 88.8 cm³/mol. The zero-order valence-corrected chi connectivity index (χ0v) is 14.4. The second-order valence-corrected chi connectivity index (χ2v) is 5.73. The number of aliphatic carboxylic acids is 1. The van der Waals surface area contributed by atoms with Crippen LogP contribution < -0.4 is 10.7 Å². The molecule has 1 aromatic heterocycles. The molecular formula is C17H16F3N3O4. The number of hydrogen-bond acceptors (Lipinski definition) is 4. The lowest BCUT2D eigenvalue weighted by Gasteiger charge is -2.15. The monoisotopic (exact) mass is 383 g/mol. The number of hydrogen-bond donors (Lipinski definition) is 2. The molecule has 0 aliphatic heterocycles. The standard InChI is InChI=1S/C17H16F3N3O4/c1-3-12(16(26)27)21-15(25)14-13(24)7-9(2)23(22-14)11-6-4-5-10(8-11)17(18,19)20/h4-8,12H,3H2,1-2H3,(H,21,25)(H,26,27). The summed E-state index contributed by atoms with van der Waals surface area (Å²) in [6.45, 7) is 2.98. The van der Waals surface area contributed by atoms with Crippen molar-refractivity contribution in [1.29, 1.82) is 0 Å². The largest absolute Gasteiger partial charge is 0.480 e. The number of carbonyl (C=O) groups is 2. The number of aromatic nitrogens is 2. The summed E-state index contributed by atoms with van der Waals surface area (Å²) in [5.41, 5.74) is -2.09. The van der Waals surface area contributed by atoms with Crippen molar-refractivity contribution in [3.63, 3.8) is 0 Å². The van der Waals surface area contributed by atoms with Gasteiger partial charge in [-0.2, -0.15) is 18.3 Å². The molecule has 1 atom stereocenters. The highest BCUT2D eigenvalue weighted by molar-refractivity contribution is 5.94. The third-order valence-electron chi connectivity index (χ3n) is 3.75. The topological polar surface area (TPSA) is 101 Å². The van der Waals surface area contributed by atoms with Gasteiger partial charge in [0, 0.05) is 11.8 Å². The molecule has 0 saturated heterocycles. The number of rotatable bonds is 5. The predicted octanol–water partition coefficient (Wildman–Crippen LogP) is 2.15. The molecule has 7 nitrogen and oxygen atoms in total. The van der Waals surface area contributed by atoms with E-state index in [1.807, 2.05) is 0 Å². The maximum Gasteiger partial charge on any atom is 0.416 e. The van der Waals surface area contributed by atoms with Gasteiger partial charge in [0.2, 0.25) is 5.43 Å². The van der Waals surface area contributed by atoms with Crippen molar-refractivity contribution in [2.75, 3.05) is 0 Å². The van der Waals surface area contributed by atoms with Gasteiger partial charge >= 0.3 is 12.1 Å². The van der Waals surface area contributed by atoms with Gasteiger partial charge in [-0.25, -0.2) is 9.48 Å². The lowest BCUT2D eigenvalue weighted by molar-refractivity contribution is -0.139. The lowest BCUT2D eigenvalue weighted by Crippen LogP contribution is -2.42. The molecule has 0 fully saturated rings. The molecule has 1 aromatic carbocycles. The first kappa shape index (κ1) is 20.1. The molecule has 1 heterocycles. The number of carbonyl (C=O) groups excluding carboxylic acids is 1. The molecule has 0 aliphatic rings. The second-order valence-electron chi connectivity index (χ2n) is 5.73. The molecule has 0 spiro atoms. The second kappa shape index (κ2) is 7.60. The van der Waals surface area contributed by atoms with Crippen LogP contribution in [-0.4, -0.2) is 32.8 Å². The fraction of sp³-hybridized carbons (Fsp3) is 0.294. The molecule has 0 radical (unpaired) electrons. The van der Waals surface area contributed by atoms with E-state index < -0.39 is 40.8 Å². The van der Waals surface area contributed by atoms with Crippen LogP contribution in [0.25, 0.3) is 5.69 Å². The van der Waals surface area contributed by atoms with E-state index in [-0.39, 0.29) is 17.8 Å². The number of halogens is 3. The first-order chi connectivity index (χ1) is 12.5. The van der Waals surface area contributed by atoms with Crippen LogP contribution >= 0.6 is 0 Å². The normalized spacial score (nSPS) is 12.5. The van der Waals surface area contributed by atoms with Crippen molar-refractivity contribution in [1.82, 2.24) is 15.1 Å². The van der Waals surface area contributed by atoms with E-state index in [0.717, 1.165) is 22.9 Å². The zero-order valence-electron chi connectivity index (χ0n) is 14.4. The third kappa shape index (κ3) is 4.52. The van der Waals surface area contributed by atoms with Crippen LogP contribution in [0.1, 0.15) is 35.1 Å². The first-order valence-electron chi connectivity index (χ1n) is 7.87. The maximum atomic E-state index is 12.9. The highest BCUT2D eigenvalue weighted by atomic mass is 19.4. The Hall–Kier alpha value is -3.17. The Labute approximate surface area is 151 Å². The average molecular weight is 383 g/mol. The molecule has 2 rings (SSSR count). The number of amides is 1. The summed E-state index contributed by atoms with van der Waals surface area (Å²) in [5.74, 6) is -2.30. The van der Waals surface area contributed by atoms with Crippen LogP contribution in [0.4, 0.5) is 13.2 Å². The van der Waals surface area contributed by atoms with Crippen molar-refractivity contribution in [3.8, 4) is 5.69 Å². The molecule has 0 bridgehead atoms. The van der Waals surface area contributed by atoms with Crippen molar-refractivity contribution in [3.05, 3.63) is 57.5 Å². The van der Waals surface area contributed by atoms with Gasteiger partial charge in [0.1, 0.15) is 6.04 Å². The van der Waals surface area contributed by atoms with E-state index >= 15 is 0 Å². The Kier molecular flexibility index (Phi) is 5.67. The molecule has 10 heteroatoms. The summed E-state index contributed by atoms with van der Waals surface area (Å²) in [5, 5.41) is 15.0. The van der Waals surface area contributed by atoms with Gasteiger partial charge in [-0.05, 0) is 31.5 Å². The van der Waals surface area contributed by atoms with E-state index in [2.05, 4.69) is 10.4 Å². The number of carboxylic acids is 1. The van der Waals surface area contributed by atoms with Crippen molar-refractivity contribution < 1.29 is 27.9 Å². The van der Waals surface area contributed by atoms with Gasteiger partial charge in [0.05, 0.1) is 11.3 Å². The van der Waals surface area contributed by atoms with Crippen LogP contribution in [-0.2, 0) is 11.0 Å². The molecule has 2 aromatic rings. The van der Waals surface area contributed by atoms with Crippen molar-refractivity contribution in [2.45, 2.75) is 32.5 Å². The fourth-order valence-electron chi connectivity index (χ4n) is 2.35. The first-order valence-corrected chi connectivity index (χ1v) is 7.87. The molecule has 0 saturated carbocycles. The van der Waals surface area contributed by atoms with Crippen LogP contribution in [0.2, 0.25) is 0 Å². The van der Waals surface area contributed by atoms with E-state index in [1.54, 1.807) is 0 Å². The molecule has 1 amide bonds. The number of alkyl halides is 3. The Balaban J connectivity index is 2.49. The average Bonchev–Trinajstić information content (AvgIpc) is 2.58. The van der Waals surface area contributed by atoms with Crippen molar-refractivity contribution in [2.24, 2.45) is 0 Å². The minimum Gasteiger partial charge on any atom is -0.480 e. The highest BCUT2D eigenvalue weighted by Gasteiger charge is 2.30. The number of nitrogens with zero attached hydrogens (tertiary/aromatic N) is 2. The smallest absolute Gasteiger partial charge is 0.416 e. The van der Waals surface area contributed by atoms with Gasteiger partial charge in [-0.3, -0.25) is 9.59 Å². The van der Waals surface area contributed by atoms with Crippen LogP contribution in [0.5, 0.6) is 0 Å². The van der Waals surface area contributed by atoms with Gasteiger partial charge < -0.3 is 10.4 Å². The van der Waals surface area contributed by atoms with E-state index in [0.29, 0.717) is 0 Å². The van der Waals surface area contributed by atoms with Crippen LogP contribution in [0.3, 0.4) is 0 Å². The maximum absolute atomic E-state index is 12.9. The van der Waals surface area contributed by atoms with Gasteiger partial charge in [0.15, 0.2) is 5.69 Å². The number of carboxylic acid groups (broad SMARTS) is 1. The molecule has 0 aliphatic carbocycles. The third-order valence-corrected chi connectivity index (χ3v) is 3.75. The Morgan fingerprint density at radius 1 is 1.30 bits per heavy atom. The number of nitrogens with one attached hydrogen (secondary N) is 1. The van der Waals surface area contributed by atoms with Gasteiger partial charge in [-0.1, -0.05) is 13.0 Å². The minimum absolute atomic E-state index is 0.00153. The molecule has 27 heavy (non-hydrogen) atoms. The Bertz CT molecular complexity index is 938. The highest BCUT2D eigenvalue weighted by Crippen LogP contribution is 2.30. The SMILES string of the molecule is CCC(NC(=O)c1nn(-c2cccc(C(F)(F)F)c2)c(C)cc1=O)C(=O)O. The molecule has 2 N–H and O–H groups in total. The number of benzene rings is 1. The summed E-state index contributed by atoms with van der Waals surface area (Å²) in [7, 11) is 0. The van der Waals surface area contributed by atoms with Crippen molar-refractivity contribution >= 4 is 11.9 Å². The van der Waals surface area contributed by atoms with E-state index in [1.165, 1.54) is 26.0 Å². The summed E-state index contributed by atoms with van der Waals surface area (Å²) >= 11 is 0. The Morgan fingerprint density at radius 2 is 1.96 bits per heavy atom. The van der Waals surface area contributed by atoms with Gasteiger partial charge in [0.25, 0.3) is 5.91 Å². The van der Waals surface area contributed by atoms with E-state index in [4.69, 9.17) is 5.11 Å². The number of aryl methyl sites for hydroxylation is 1. The Morgan fingerprint density at radius 3 is 2.52 bits per heavy atom. The molecule has 144 valence electrons. The molecular weight excluding hydrogens is 367 g/mol. The summed E-state index contributed by atoms with van der Waals surface area (Å²) in [6, 6.07) is 4.06. The summed E-state index contributed by atoms with van der Waals surface area (Å²) in [6.07, 6.45) is -4.49. The quantitative estimate of drug-likeness (QED) is 0.824. The minimum atomic E-state index is -4.57. The van der Waals surface area contributed by atoms with Crippen LogP contribution in [0, 0.1) is 6.92 Å². The fourth-order valence-corrected chi connectivity index (χ4v) is 2.35. The zero-order chi connectivity index (χ0) is 20.4. The lowest BCUT2D eigenvalue weighted by atomic mass is 10.2. The summed E-state index contributed by atoms with van der Waals surface area (Å²) in [4.78, 5) is 35.3. The van der Waals surface area contributed by atoms with Crippen LogP contribution in [0.15, 0.2) is 35.1 Å².